The summed E-state index contributed by atoms with van der Waals surface area (Å²) in [5.74, 6) is -0.402. The number of fused-ring (bicyclic) bond motifs is 1. The molecule has 1 fully saturated rings. The zero-order valence-electron chi connectivity index (χ0n) is 15.3. The Kier molecular flexibility index (Phi) is 4.99. The highest BCUT2D eigenvalue weighted by molar-refractivity contribution is 7.15. The third-order valence-corrected chi connectivity index (χ3v) is 5.50. The second-order valence-corrected chi connectivity index (χ2v) is 7.22. The van der Waals surface area contributed by atoms with Crippen LogP contribution >= 0.6 is 11.3 Å². The van der Waals surface area contributed by atoms with Gasteiger partial charge in [-0.15, -0.1) is 11.3 Å². The highest BCUT2D eigenvalue weighted by Crippen LogP contribution is 2.25. The van der Waals surface area contributed by atoms with E-state index < -0.39 is 0 Å². The Balaban J connectivity index is 1.51. The first-order valence-electron chi connectivity index (χ1n) is 9.00. The summed E-state index contributed by atoms with van der Waals surface area (Å²) in [4.78, 5) is 33.3. The van der Waals surface area contributed by atoms with Gasteiger partial charge in [-0.3, -0.25) is 9.20 Å². The molecule has 7 nitrogen and oxygen atoms in total. The van der Waals surface area contributed by atoms with Crippen LogP contribution in [0, 0.1) is 5.82 Å². The molecule has 4 rings (SSSR count). The van der Waals surface area contributed by atoms with Crippen molar-refractivity contribution in [2.75, 3.05) is 32.8 Å². The van der Waals surface area contributed by atoms with E-state index >= 15 is 0 Å². The fraction of sp³-hybridized carbons (Fsp3) is 0.316. The maximum atomic E-state index is 13.1. The van der Waals surface area contributed by atoms with E-state index in [1.807, 2.05) is 0 Å². The van der Waals surface area contributed by atoms with E-state index in [-0.39, 0.29) is 17.8 Å². The topological polar surface area (TPSA) is 67.2 Å². The van der Waals surface area contributed by atoms with Crippen molar-refractivity contribution in [2.24, 2.45) is 0 Å². The fourth-order valence-electron chi connectivity index (χ4n) is 3.17. The minimum Gasteiger partial charge on any atom is -0.450 e. The van der Waals surface area contributed by atoms with E-state index in [9.17, 15) is 14.0 Å². The predicted octanol–water partition coefficient (Wildman–Crippen LogP) is 3.12. The standard InChI is InChI=1S/C19H19FN4O3S/c1-2-27-19(26)23-9-7-22(8-10-23)17(25)16-12-28-18-21-15(11-24(16)18)13-3-5-14(20)6-4-13/h3-6,11-12H,2,7-10H2,1H3. The lowest BCUT2D eigenvalue weighted by atomic mass is 10.2. The summed E-state index contributed by atoms with van der Waals surface area (Å²) in [6.45, 7) is 3.90. The number of nitrogens with zero attached hydrogens (tertiary/aromatic N) is 4. The lowest BCUT2D eigenvalue weighted by molar-refractivity contribution is 0.0565. The van der Waals surface area contributed by atoms with Gasteiger partial charge in [0, 0.05) is 43.3 Å². The SMILES string of the molecule is CCOC(=O)N1CCN(C(=O)c2csc3nc(-c4ccc(F)cc4)cn23)CC1. The Morgan fingerprint density at radius 1 is 1.14 bits per heavy atom. The molecular weight excluding hydrogens is 383 g/mol. The first-order chi connectivity index (χ1) is 13.6. The van der Waals surface area contributed by atoms with Crippen LogP contribution in [0.4, 0.5) is 9.18 Å². The zero-order valence-corrected chi connectivity index (χ0v) is 16.1. The number of amides is 2. The number of halogens is 1. The summed E-state index contributed by atoms with van der Waals surface area (Å²) < 4.78 is 19.9. The molecule has 0 spiro atoms. The molecule has 0 bridgehead atoms. The molecule has 146 valence electrons. The van der Waals surface area contributed by atoms with Crippen molar-refractivity contribution in [1.82, 2.24) is 19.2 Å². The van der Waals surface area contributed by atoms with Crippen molar-refractivity contribution < 1.29 is 18.7 Å². The third kappa shape index (κ3) is 3.45. The van der Waals surface area contributed by atoms with Crippen LogP contribution in [0.1, 0.15) is 17.4 Å². The van der Waals surface area contributed by atoms with E-state index in [0.717, 1.165) is 5.56 Å². The highest BCUT2D eigenvalue weighted by Gasteiger charge is 2.27. The average Bonchev–Trinajstić information content (AvgIpc) is 3.29. The first kappa shape index (κ1) is 18.4. The molecule has 1 aliphatic heterocycles. The van der Waals surface area contributed by atoms with Gasteiger partial charge in [0.05, 0.1) is 12.3 Å². The number of rotatable bonds is 3. The van der Waals surface area contributed by atoms with E-state index in [4.69, 9.17) is 4.74 Å². The van der Waals surface area contributed by atoms with Gasteiger partial charge in [0.15, 0.2) is 4.96 Å². The molecule has 2 amide bonds. The van der Waals surface area contributed by atoms with E-state index in [0.29, 0.717) is 49.1 Å². The number of hydrogen-bond acceptors (Lipinski definition) is 5. The van der Waals surface area contributed by atoms with Crippen LogP contribution in [0.2, 0.25) is 0 Å². The second kappa shape index (κ2) is 7.59. The summed E-state index contributed by atoms with van der Waals surface area (Å²) in [5, 5.41) is 1.79. The molecule has 1 aliphatic rings. The van der Waals surface area contributed by atoms with Gasteiger partial charge in [-0.05, 0) is 31.2 Å². The normalized spacial score (nSPS) is 14.5. The van der Waals surface area contributed by atoms with Gasteiger partial charge in [-0.25, -0.2) is 14.2 Å². The fourth-order valence-corrected chi connectivity index (χ4v) is 4.01. The third-order valence-electron chi connectivity index (χ3n) is 4.66. The average molecular weight is 402 g/mol. The minimum absolute atomic E-state index is 0.0992. The number of imidazole rings is 1. The Bertz CT molecular complexity index is 1010. The summed E-state index contributed by atoms with van der Waals surface area (Å²) in [6.07, 6.45) is 1.45. The van der Waals surface area contributed by atoms with Crippen LogP contribution in [-0.4, -0.2) is 64.0 Å². The smallest absolute Gasteiger partial charge is 0.409 e. The van der Waals surface area contributed by atoms with Gasteiger partial charge in [-0.2, -0.15) is 0 Å². The molecule has 0 radical (unpaired) electrons. The molecule has 1 aromatic carbocycles. The van der Waals surface area contributed by atoms with Crippen LogP contribution in [-0.2, 0) is 4.74 Å². The molecule has 3 aromatic rings. The van der Waals surface area contributed by atoms with Crippen molar-refractivity contribution in [3.63, 3.8) is 0 Å². The number of hydrogen-bond donors (Lipinski definition) is 0. The van der Waals surface area contributed by atoms with Crippen molar-refractivity contribution in [3.05, 3.63) is 47.4 Å². The van der Waals surface area contributed by atoms with Gasteiger partial charge in [-0.1, -0.05) is 0 Å². The van der Waals surface area contributed by atoms with Crippen LogP contribution in [0.15, 0.2) is 35.8 Å². The Labute approximate surface area is 165 Å². The highest BCUT2D eigenvalue weighted by atomic mass is 32.1. The Hall–Kier alpha value is -2.94. The van der Waals surface area contributed by atoms with Crippen LogP contribution < -0.4 is 0 Å². The molecule has 0 atom stereocenters. The molecular formula is C19H19FN4O3S. The zero-order chi connectivity index (χ0) is 19.7. The second-order valence-electron chi connectivity index (χ2n) is 6.38. The molecule has 0 aliphatic carbocycles. The molecule has 1 saturated heterocycles. The number of carbonyl (C=O) groups excluding carboxylic acids is 2. The maximum Gasteiger partial charge on any atom is 0.409 e. The lowest BCUT2D eigenvalue weighted by Gasteiger charge is -2.33. The minimum atomic E-state index is -0.342. The van der Waals surface area contributed by atoms with Crippen molar-refractivity contribution in [1.29, 1.82) is 0 Å². The number of benzene rings is 1. The summed E-state index contributed by atoms with van der Waals surface area (Å²) in [7, 11) is 0. The van der Waals surface area contributed by atoms with Crippen LogP contribution in [0.5, 0.6) is 0 Å². The summed E-state index contributed by atoms with van der Waals surface area (Å²) in [6, 6.07) is 6.10. The summed E-state index contributed by atoms with van der Waals surface area (Å²) in [5.41, 5.74) is 2.01. The molecule has 0 N–H and O–H groups in total. The van der Waals surface area contributed by atoms with E-state index in [2.05, 4.69) is 4.98 Å². The predicted molar refractivity (Wildman–Crippen MR) is 103 cm³/mol. The quantitative estimate of drug-likeness (QED) is 0.675. The summed E-state index contributed by atoms with van der Waals surface area (Å²) >= 11 is 1.38. The first-order valence-corrected chi connectivity index (χ1v) is 9.88. The largest absolute Gasteiger partial charge is 0.450 e. The van der Waals surface area contributed by atoms with Crippen molar-refractivity contribution in [3.8, 4) is 11.3 Å². The lowest BCUT2D eigenvalue weighted by Crippen LogP contribution is -2.50. The van der Waals surface area contributed by atoms with Gasteiger partial charge in [0.1, 0.15) is 11.5 Å². The van der Waals surface area contributed by atoms with Gasteiger partial charge >= 0.3 is 6.09 Å². The number of thiazole rings is 1. The van der Waals surface area contributed by atoms with Crippen LogP contribution in [0.3, 0.4) is 0 Å². The van der Waals surface area contributed by atoms with Crippen molar-refractivity contribution >= 4 is 28.3 Å². The van der Waals surface area contributed by atoms with Gasteiger partial charge in [0.2, 0.25) is 0 Å². The maximum absolute atomic E-state index is 13.1. The monoisotopic (exact) mass is 402 g/mol. The van der Waals surface area contributed by atoms with Gasteiger partial charge in [0.25, 0.3) is 5.91 Å². The molecule has 0 unspecified atom stereocenters. The Morgan fingerprint density at radius 3 is 2.50 bits per heavy atom. The molecule has 2 aromatic heterocycles. The van der Waals surface area contributed by atoms with Crippen molar-refractivity contribution in [2.45, 2.75) is 6.92 Å². The number of ether oxygens (including phenoxy) is 1. The Morgan fingerprint density at radius 2 is 1.82 bits per heavy atom. The van der Waals surface area contributed by atoms with Gasteiger partial charge < -0.3 is 14.5 Å². The number of aromatic nitrogens is 2. The van der Waals surface area contributed by atoms with Crippen LogP contribution in [0.25, 0.3) is 16.2 Å². The number of carbonyl (C=O) groups is 2. The molecule has 3 heterocycles. The van der Waals surface area contributed by atoms with E-state index in [1.54, 1.807) is 44.8 Å². The van der Waals surface area contributed by atoms with E-state index in [1.165, 1.54) is 23.5 Å². The molecule has 28 heavy (non-hydrogen) atoms. The number of piperazine rings is 1. The molecule has 0 saturated carbocycles. The molecule has 9 heteroatoms.